The van der Waals surface area contributed by atoms with Gasteiger partial charge in [-0.15, -0.1) is 0 Å². The Bertz CT molecular complexity index is 572. The van der Waals surface area contributed by atoms with Gasteiger partial charge in [0.15, 0.2) is 0 Å². The molecule has 1 aliphatic rings. The van der Waals surface area contributed by atoms with E-state index in [0.717, 1.165) is 11.1 Å². The molecule has 0 aliphatic heterocycles. The number of carboxylic acid groups (broad SMARTS) is 1. The molecule has 1 rings (SSSR count). The molecule has 0 aromatic carbocycles. The molecule has 0 saturated carbocycles. The van der Waals surface area contributed by atoms with Crippen molar-refractivity contribution in [3.05, 3.63) is 58.7 Å². The van der Waals surface area contributed by atoms with Crippen LogP contribution in [0.2, 0.25) is 0 Å². The van der Waals surface area contributed by atoms with Gasteiger partial charge in [-0.25, -0.2) is 4.79 Å². The van der Waals surface area contributed by atoms with Crippen molar-refractivity contribution in [3.63, 3.8) is 0 Å². The van der Waals surface area contributed by atoms with Crippen LogP contribution in [0.25, 0.3) is 0 Å². The zero-order valence-electron chi connectivity index (χ0n) is 15.1. The first kappa shape index (κ1) is 21.7. The second kappa shape index (κ2) is 9.78. The summed E-state index contributed by atoms with van der Waals surface area (Å²) in [7, 11) is 0. The van der Waals surface area contributed by atoms with E-state index in [2.05, 4.69) is 39.8 Å². The topological polar surface area (TPSA) is 37.3 Å². The average molecular weight is 378 g/mol. The van der Waals surface area contributed by atoms with E-state index in [1.54, 1.807) is 13.0 Å². The molecule has 2 nitrogen and oxygen atoms in total. The minimum atomic E-state index is -0.912. The zero-order chi connectivity index (χ0) is 16.8. The summed E-state index contributed by atoms with van der Waals surface area (Å²) in [6.07, 6.45) is 15.0. The van der Waals surface area contributed by atoms with Gasteiger partial charge in [0.25, 0.3) is 0 Å². The summed E-state index contributed by atoms with van der Waals surface area (Å²) in [6.45, 7) is 10.7. The summed E-state index contributed by atoms with van der Waals surface area (Å²) in [4.78, 5) is 10.5. The first-order valence-corrected chi connectivity index (χ1v) is 7.87. The van der Waals surface area contributed by atoms with E-state index in [-0.39, 0.29) is 23.4 Å². The van der Waals surface area contributed by atoms with E-state index >= 15 is 0 Å². The molecule has 0 radical (unpaired) electrons. The predicted octanol–water partition coefficient (Wildman–Crippen LogP) is 4.42. The van der Waals surface area contributed by atoms with E-state index in [0.29, 0.717) is 0 Å². The number of carbonyl (C=O) groups is 1. The van der Waals surface area contributed by atoms with Crippen molar-refractivity contribution in [2.75, 3.05) is 0 Å². The molecule has 0 saturated heterocycles. The normalized spacial score (nSPS) is 19.3. The molecule has 1 N–H and O–H groups in total. The van der Waals surface area contributed by atoms with Gasteiger partial charge < -0.3 is 5.11 Å². The monoisotopic (exact) mass is 378 g/mol. The van der Waals surface area contributed by atoms with Crippen molar-refractivity contribution in [3.8, 4) is 0 Å². The number of rotatable bonds is 5. The van der Waals surface area contributed by atoms with Gasteiger partial charge in [0.05, 0.1) is 0 Å². The Kier molecular flexibility index (Phi) is 9.23. The summed E-state index contributed by atoms with van der Waals surface area (Å²) < 4.78 is 0. The Balaban J connectivity index is 0.00000484. The van der Waals surface area contributed by atoms with Crippen molar-refractivity contribution in [1.29, 1.82) is 0 Å². The summed E-state index contributed by atoms with van der Waals surface area (Å²) in [6, 6.07) is 0. The van der Waals surface area contributed by atoms with Gasteiger partial charge in [-0.2, -0.15) is 0 Å². The molecular formula is C20H31AsO2. The maximum absolute atomic E-state index is 10.5. The summed E-state index contributed by atoms with van der Waals surface area (Å²) in [5.41, 5.74) is 5.09. The van der Waals surface area contributed by atoms with Crippen molar-refractivity contribution in [2.24, 2.45) is 5.41 Å². The van der Waals surface area contributed by atoms with Crippen molar-refractivity contribution < 1.29 is 9.90 Å². The quantitative estimate of drug-likeness (QED) is 0.437. The van der Waals surface area contributed by atoms with Gasteiger partial charge >= 0.3 is 23.9 Å². The van der Waals surface area contributed by atoms with Crippen LogP contribution in [0.4, 0.5) is 0 Å². The predicted molar refractivity (Wildman–Crippen MR) is 104 cm³/mol. The Labute approximate surface area is 152 Å². The number of allylic oxidation sites excluding steroid dienone is 9. The third kappa shape index (κ3) is 7.70. The SMILES string of the molecule is CC1=C(/C=C/C(C)=C/C=C/C(C)=C/C(=O)O)C(C)(C)CCC1.[AsH3]. The Morgan fingerprint density at radius 2 is 1.83 bits per heavy atom. The Morgan fingerprint density at radius 1 is 1.17 bits per heavy atom. The number of hydrogen-bond donors (Lipinski definition) is 1. The fourth-order valence-electron chi connectivity index (χ4n) is 2.88. The van der Waals surface area contributed by atoms with Crippen LogP contribution in [-0.4, -0.2) is 29.0 Å². The van der Waals surface area contributed by atoms with Gasteiger partial charge in [0.1, 0.15) is 0 Å². The van der Waals surface area contributed by atoms with Gasteiger partial charge in [-0.05, 0) is 56.6 Å². The Morgan fingerprint density at radius 3 is 2.39 bits per heavy atom. The standard InChI is InChI=1S/C20H28O2.AsH3/c1-15(8-6-9-16(2)14-19(21)22)11-12-18-17(3)10-7-13-20(18,4)5;/h6,8-9,11-12,14H,7,10,13H2,1-5H3,(H,21,22);1H3/b9-6+,12-11+,15-8+,16-14+;. The zero-order valence-corrected chi connectivity index (χ0v) is 18.1. The molecule has 0 aromatic heterocycles. The summed E-state index contributed by atoms with van der Waals surface area (Å²) in [5, 5.41) is 8.65. The average Bonchev–Trinajstić information content (AvgIpc) is 2.36. The van der Waals surface area contributed by atoms with Crippen LogP contribution in [0.3, 0.4) is 0 Å². The fourth-order valence-corrected chi connectivity index (χ4v) is 2.88. The third-order valence-electron chi connectivity index (χ3n) is 4.12. The molecule has 0 aromatic rings. The van der Waals surface area contributed by atoms with Gasteiger partial charge in [0, 0.05) is 6.08 Å². The summed E-state index contributed by atoms with van der Waals surface area (Å²) in [5.74, 6) is -0.912. The molecule has 0 heterocycles. The molecule has 1 unspecified atom stereocenters. The van der Waals surface area contributed by atoms with Gasteiger partial charge in [0.2, 0.25) is 0 Å². The first-order valence-electron chi connectivity index (χ1n) is 7.87. The number of aliphatic carboxylic acids is 1. The van der Waals surface area contributed by atoms with Crippen molar-refractivity contribution in [2.45, 2.75) is 53.9 Å². The van der Waals surface area contributed by atoms with E-state index in [9.17, 15) is 4.79 Å². The molecular weight excluding hydrogens is 347 g/mol. The molecule has 1 atom stereocenters. The maximum atomic E-state index is 10.5. The second-order valence-corrected chi connectivity index (χ2v) is 6.76. The van der Waals surface area contributed by atoms with E-state index in [1.807, 2.05) is 12.2 Å². The minimum absolute atomic E-state index is 0. The van der Waals surface area contributed by atoms with Crippen LogP contribution in [0, 0.1) is 5.41 Å². The molecule has 0 fully saturated rings. The van der Waals surface area contributed by atoms with E-state index in [4.69, 9.17) is 5.11 Å². The first-order chi connectivity index (χ1) is 10.2. The van der Waals surface area contributed by atoms with Crippen molar-refractivity contribution in [1.82, 2.24) is 0 Å². The van der Waals surface area contributed by atoms with Crippen LogP contribution in [0.1, 0.15) is 53.9 Å². The molecule has 23 heavy (non-hydrogen) atoms. The molecule has 1 aliphatic carbocycles. The van der Waals surface area contributed by atoms with E-state index < -0.39 is 5.97 Å². The van der Waals surface area contributed by atoms with Crippen LogP contribution in [0.5, 0.6) is 0 Å². The Hall–Kier alpha value is -1.27. The summed E-state index contributed by atoms with van der Waals surface area (Å²) >= 11 is 0. The number of carboxylic acids is 1. The molecule has 0 bridgehead atoms. The van der Waals surface area contributed by atoms with Gasteiger partial charge in [-0.3, -0.25) is 0 Å². The van der Waals surface area contributed by atoms with Crippen LogP contribution in [0.15, 0.2) is 58.7 Å². The van der Waals surface area contributed by atoms with Gasteiger partial charge in [-0.1, -0.05) is 55.4 Å². The van der Waals surface area contributed by atoms with Crippen molar-refractivity contribution >= 4 is 23.9 Å². The van der Waals surface area contributed by atoms with Crippen LogP contribution < -0.4 is 0 Å². The second-order valence-electron chi connectivity index (χ2n) is 6.76. The third-order valence-corrected chi connectivity index (χ3v) is 4.12. The molecule has 0 amide bonds. The molecule has 128 valence electrons. The van der Waals surface area contributed by atoms with E-state index in [1.165, 1.54) is 36.5 Å². The van der Waals surface area contributed by atoms with Crippen LogP contribution >= 0.6 is 0 Å². The fraction of sp³-hybridized carbons (Fsp3) is 0.450. The molecule has 0 spiro atoms. The number of hydrogen-bond acceptors (Lipinski definition) is 1. The molecule has 3 heteroatoms. The van der Waals surface area contributed by atoms with Crippen LogP contribution in [-0.2, 0) is 4.79 Å².